The molecule has 4 nitrogen and oxygen atoms in total. The monoisotopic (exact) mass is 299 g/mol. The number of nitrogens with zero attached hydrogens (tertiary/aromatic N) is 2. The number of ether oxygens (including phenoxy) is 1. The lowest BCUT2D eigenvalue weighted by molar-refractivity contribution is 0.199. The SMILES string of the molecule is COCCNCc1sc(CCN(C)C)nc1C(C)(C)C. The van der Waals surface area contributed by atoms with Gasteiger partial charge in [0.1, 0.15) is 0 Å². The van der Waals surface area contributed by atoms with Gasteiger partial charge < -0.3 is 15.0 Å². The van der Waals surface area contributed by atoms with Crippen molar-refractivity contribution in [2.45, 2.75) is 39.2 Å². The van der Waals surface area contributed by atoms with Crippen molar-refractivity contribution in [3.63, 3.8) is 0 Å². The van der Waals surface area contributed by atoms with Gasteiger partial charge in [-0.3, -0.25) is 0 Å². The summed E-state index contributed by atoms with van der Waals surface area (Å²) in [7, 11) is 5.94. The number of hydrogen-bond acceptors (Lipinski definition) is 5. The van der Waals surface area contributed by atoms with Crippen LogP contribution in [0.3, 0.4) is 0 Å². The van der Waals surface area contributed by atoms with Crippen molar-refractivity contribution in [1.29, 1.82) is 0 Å². The van der Waals surface area contributed by atoms with E-state index in [9.17, 15) is 0 Å². The molecule has 0 aliphatic heterocycles. The fraction of sp³-hybridized carbons (Fsp3) is 0.800. The molecule has 0 aliphatic rings. The van der Waals surface area contributed by atoms with Gasteiger partial charge in [-0.25, -0.2) is 4.98 Å². The number of aromatic nitrogens is 1. The van der Waals surface area contributed by atoms with Gasteiger partial charge in [0, 0.05) is 43.5 Å². The summed E-state index contributed by atoms with van der Waals surface area (Å²) in [6, 6.07) is 0. The predicted octanol–water partition coefficient (Wildman–Crippen LogP) is 2.28. The van der Waals surface area contributed by atoms with Crippen LogP contribution >= 0.6 is 11.3 Å². The highest BCUT2D eigenvalue weighted by molar-refractivity contribution is 7.11. The molecule has 0 fully saturated rings. The Labute approximate surface area is 127 Å². The maximum Gasteiger partial charge on any atom is 0.0944 e. The minimum Gasteiger partial charge on any atom is -0.383 e. The fourth-order valence-electron chi connectivity index (χ4n) is 1.91. The summed E-state index contributed by atoms with van der Waals surface area (Å²) in [5.74, 6) is 0. The van der Waals surface area contributed by atoms with Gasteiger partial charge in [-0.15, -0.1) is 11.3 Å². The Bertz CT molecular complexity index is 396. The zero-order chi connectivity index (χ0) is 15.2. The average molecular weight is 299 g/mol. The van der Waals surface area contributed by atoms with E-state index >= 15 is 0 Å². The van der Waals surface area contributed by atoms with Crippen LogP contribution in [0.15, 0.2) is 0 Å². The molecule has 0 spiro atoms. The molecule has 0 atom stereocenters. The van der Waals surface area contributed by atoms with Crippen LogP contribution in [0.5, 0.6) is 0 Å². The largest absolute Gasteiger partial charge is 0.383 e. The lowest BCUT2D eigenvalue weighted by Gasteiger charge is -2.17. The van der Waals surface area contributed by atoms with E-state index < -0.39 is 0 Å². The molecule has 0 bridgehead atoms. The summed E-state index contributed by atoms with van der Waals surface area (Å²) < 4.78 is 5.07. The van der Waals surface area contributed by atoms with E-state index in [1.807, 2.05) is 11.3 Å². The Morgan fingerprint density at radius 1 is 1.30 bits per heavy atom. The van der Waals surface area contributed by atoms with Crippen LogP contribution in [0, 0.1) is 0 Å². The van der Waals surface area contributed by atoms with Crippen molar-refractivity contribution >= 4 is 11.3 Å². The highest BCUT2D eigenvalue weighted by Gasteiger charge is 2.22. The van der Waals surface area contributed by atoms with Crippen LogP contribution in [0.1, 0.15) is 36.3 Å². The third-order valence-corrected chi connectivity index (χ3v) is 4.11. The van der Waals surface area contributed by atoms with Crippen LogP contribution in [-0.4, -0.2) is 50.8 Å². The molecule has 0 saturated heterocycles. The molecule has 0 radical (unpaired) electrons. The second-order valence-electron chi connectivity index (χ2n) is 6.35. The summed E-state index contributed by atoms with van der Waals surface area (Å²) in [5.41, 5.74) is 1.34. The highest BCUT2D eigenvalue weighted by Crippen LogP contribution is 2.29. The van der Waals surface area contributed by atoms with E-state index in [4.69, 9.17) is 9.72 Å². The molecule has 116 valence electrons. The highest BCUT2D eigenvalue weighted by atomic mass is 32.1. The summed E-state index contributed by atoms with van der Waals surface area (Å²) in [6.45, 7) is 10.3. The molecular formula is C15H29N3OS. The van der Waals surface area contributed by atoms with Crippen molar-refractivity contribution in [2.24, 2.45) is 0 Å². The summed E-state index contributed by atoms with van der Waals surface area (Å²) in [5, 5.41) is 4.67. The lowest BCUT2D eigenvalue weighted by atomic mass is 9.91. The van der Waals surface area contributed by atoms with Crippen molar-refractivity contribution in [2.75, 3.05) is 40.9 Å². The predicted molar refractivity (Wildman–Crippen MR) is 86.7 cm³/mol. The van der Waals surface area contributed by atoms with Gasteiger partial charge in [0.25, 0.3) is 0 Å². The van der Waals surface area contributed by atoms with E-state index in [2.05, 4.69) is 45.1 Å². The molecule has 1 aromatic rings. The average Bonchev–Trinajstić information content (AvgIpc) is 2.75. The molecule has 0 amide bonds. The molecule has 1 aromatic heterocycles. The fourth-order valence-corrected chi connectivity index (χ4v) is 3.15. The number of likely N-dealkylation sites (N-methyl/N-ethyl adjacent to an activating group) is 1. The Morgan fingerprint density at radius 2 is 2.00 bits per heavy atom. The van der Waals surface area contributed by atoms with Gasteiger partial charge in [-0.1, -0.05) is 20.8 Å². The normalized spacial score (nSPS) is 12.3. The summed E-state index contributed by atoms with van der Waals surface area (Å²) in [4.78, 5) is 8.44. The first kappa shape index (κ1) is 17.6. The first-order chi connectivity index (χ1) is 9.34. The minimum absolute atomic E-state index is 0.102. The number of rotatable bonds is 8. The van der Waals surface area contributed by atoms with Crippen LogP contribution in [-0.2, 0) is 23.1 Å². The number of hydrogen-bond donors (Lipinski definition) is 1. The van der Waals surface area contributed by atoms with Crippen molar-refractivity contribution < 1.29 is 4.74 Å². The van der Waals surface area contributed by atoms with Gasteiger partial charge in [-0.05, 0) is 14.1 Å². The molecule has 0 aliphatic carbocycles. The zero-order valence-corrected chi connectivity index (χ0v) is 14.6. The Balaban J connectivity index is 2.73. The maximum atomic E-state index is 5.07. The van der Waals surface area contributed by atoms with Crippen molar-refractivity contribution in [1.82, 2.24) is 15.2 Å². The van der Waals surface area contributed by atoms with Crippen molar-refractivity contribution in [3.05, 3.63) is 15.6 Å². The molecular weight excluding hydrogens is 270 g/mol. The molecule has 0 unspecified atom stereocenters. The molecule has 0 aromatic carbocycles. The zero-order valence-electron chi connectivity index (χ0n) is 13.7. The van der Waals surface area contributed by atoms with Crippen LogP contribution in [0.4, 0.5) is 0 Å². The number of methoxy groups -OCH3 is 1. The van der Waals surface area contributed by atoms with E-state index in [-0.39, 0.29) is 5.41 Å². The third-order valence-electron chi connectivity index (χ3n) is 2.99. The van der Waals surface area contributed by atoms with E-state index in [0.717, 1.165) is 32.7 Å². The van der Waals surface area contributed by atoms with Gasteiger partial charge in [0.05, 0.1) is 17.3 Å². The second-order valence-corrected chi connectivity index (χ2v) is 7.52. The van der Waals surface area contributed by atoms with Crippen LogP contribution in [0.25, 0.3) is 0 Å². The number of nitrogens with one attached hydrogen (secondary N) is 1. The lowest BCUT2D eigenvalue weighted by Crippen LogP contribution is -2.21. The smallest absolute Gasteiger partial charge is 0.0944 e. The van der Waals surface area contributed by atoms with Gasteiger partial charge >= 0.3 is 0 Å². The summed E-state index contributed by atoms with van der Waals surface area (Å²) >= 11 is 1.85. The first-order valence-corrected chi connectivity index (χ1v) is 7.99. The Kier molecular flexibility index (Phi) is 7.09. The van der Waals surface area contributed by atoms with Crippen molar-refractivity contribution in [3.8, 4) is 0 Å². The van der Waals surface area contributed by atoms with Crippen LogP contribution in [0.2, 0.25) is 0 Å². The van der Waals surface area contributed by atoms with Crippen LogP contribution < -0.4 is 5.32 Å². The van der Waals surface area contributed by atoms with E-state index in [1.165, 1.54) is 15.6 Å². The topological polar surface area (TPSA) is 37.4 Å². The molecule has 0 saturated carbocycles. The molecule has 5 heteroatoms. The molecule has 20 heavy (non-hydrogen) atoms. The van der Waals surface area contributed by atoms with E-state index in [0.29, 0.717) is 0 Å². The molecule has 1 heterocycles. The molecule has 1 rings (SSSR count). The number of thiazole rings is 1. The quantitative estimate of drug-likeness (QED) is 0.747. The molecule has 1 N–H and O–H groups in total. The maximum absolute atomic E-state index is 5.07. The second kappa shape index (κ2) is 8.08. The van der Waals surface area contributed by atoms with Gasteiger partial charge in [0.15, 0.2) is 0 Å². The van der Waals surface area contributed by atoms with E-state index in [1.54, 1.807) is 7.11 Å². The van der Waals surface area contributed by atoms with Gasteiger partial charge in [-0.2, -0.15) is 0 Å². The Hall–Kier alpha value is -0.490. The van der Waals surface area contributed by atoms with Gasteiger partial charge in [0.2, 0.25) is 0 Å². The minimum atomic E-state index is 0.102. The third kappa shape index (κ3) is 5.87. The summed E-state index contributed by atoms with van der Waals surface area (Å²) in [6.07, 6.45) is 1.03. The standard InChI is InChI=1S/C15H29N3OS/c1-15(2,3)14-12(11-16-8-10-19-6)20-13(17-14)7-9-18(4)5/h16H,7-11H2,1-6H3. The first-order valence-electron chi connectivity index (χ1n) is 7.18. The Morgan fingerprint density at radius 3 is 2.55 bits per heavy atom.